The first-order chi connectivity index (χ1) is 7.83. The van der Waals surface area contributed by atoms with Gasteiger partial charge in [-0.1, -0.05) is 13.8 Å². The molecule has 0 radical (unpaired) electrons. The van der Waals surface area contributed by atoms with Gasteiger partial charge in [0.1, 0.15) is 0 Å². The zero-order valence-corrected chi connectivity index (χ0v) is 11.9. The van der Waals surface area contributed by atoms with Gasteiger partial charge in [0.2, 0.25) is 0 Å². The van der Waals surface area contributed by atoms with Crippen molar-refractivity contribution < 1.29 is 33.5 Å². The second kappa shape index (κ2) is 6.12. The number of carbonyl (C=O) groups is 1. The Morgan fingerprint density at radius 3 is 2.06 bits per heavy atom. The number of carboxylic acid groups (broad SMARTS) is 1. The van der Waals surface area contributed by atoms with Crippen LogP contribution in [0.3, 0.4) is 0 Å². The predicted octanol–water partition coefficient (Wildman–Crippen LogP) is 1.39. The molecule has 0 amide bonds. The molecule has 7 nitrogen and oxygen atoms in total. The number of carboxylic acids is 1. The Kier molecular flexibility index (Phi) is 5.97. The van der Waals surface area contributed by atoms with Crippen LogP contribution in [-0.4, -0.2) is 39.7 Å². The number of hydrogen-bond acceptors (Lipinski definition) is 4. The minimum absolute atomic E-state index is 0.0405. The van der Waals surface area contributed by atoms with E-state index in [4.69, 9.17) is 19.6 Å². The summed E-state index contributed by atoms with van der Waals surface area (Å²) in [5, 5.41) is 8.68. The number of hydrogen-bond donors (Lipinski definition) is 3. The highest BCUT2D eigenvalue weighted by Gasteiger charge is 2.30. The maximum absolute atomic E-state index is 10.7. The number of rotatable bonds is 8. The highest BCUT2D eigenvalue weighted by molar-refractivity contribution is 7.46. The topological polar surface area (TPSA) is 113 Å². The fourth-order valence-electron chi connectivity index (χ4n) is 1.38. The van der Waals surface area contributed by atoms with Gasteiger partial charge in [0.25, 0.3) is 0 Å². The lowest BCUT2D eigenvalue weighted by Gasteiger charge is -2.28. The Bertz CT molecular complexity index is 331. The van der Waals surface area contributed by atoms with Gasteiger partial charge in [-0.3, -0.25) is 9.32 Å². The van der Waals surface area contributed by atoms with Crippen LogP contribution in [0.15, 0.2) is 0 Å². The summed E-state index contributed by atoms with van der Waals surface area (Å²) in [6.45, 7) is 6.55. The van der Waals surface area contributed by atoms with Crippen LogP contribution < -0.4 is 0 Å². The lowest BCUT2D eigenvalue weighted by atomic mass is 9.90. The Hall–Kier alpha value is -0.460. The number of phosphoric acid groups is 1. The summed E-state index contributed by atoms with van der Waals surface area (Å²) in [5.41, 5.74) is -1.69. The van der Waals surface area contributed by atoms with Crippen molar-refractivity contribution in [1.29, 1.82) is 0 Å². The zero-order chi connectivity index (χ0) is 14.6. The molecule has 0 aliphatic rings. The van der Waals surface area contributed by atoms with Crippen LogP contribution in [-0.2, 0) is 18.6 Å². The highest BCUT2D eigenvalue weighted by Crippen LogP contribution is 2.41. The molecule has 3 N–H and O–H groups in total. The van der Waals surface area contributed by atoms with Crippen molar-refractivity contribution in [2.24, 2.45) is 5.41 Å². The monoisotopic (exact) mass is 284 g/mol. The van der Waals surface area contributed by atoms with Crippen molar-refractivity contribution in [3.8, 4) is 0 Å². The van der Waals surface area contributed by atoms with Gasteiger partial charge < -0.3 is 19.6 Å². The van der Waals surface area contributed by atoms with Crippen LogP contribution in [0.4, 0.5) is 0 Å². The Labute approximate surface area is 106 Å². The maximum Gasteiger partial charge on any atom is 0.470 e. The van der Waals surface area contributed by atoms with Crippen LogP contribution in [0.2, 0.25) is 0 Å². The predicted molar refractivity (Wildman–Crippen MR) is 64.1 cm³/mol. The molecule has 0 saturated carbocycles. The summed E-state index contributed by atoms with van der Waals surface area (Å²) in [5.74, 6) is -0.922. The van der Waals surface area contributed by atoms with Gasteiger partial charge in [-0.2, -0.15) is 0 Å². The third-order valence-electron chi connectivity index (χ3n) is 1.94. The van der Waals surface area contributed by atoms with Crippen molar-refractivity contribution in [3.63, 3.8) is 0 Å². The summed E-state index contributed by atoms with van der Waals surface area (Å²) >= 11 is 0. The normalized spacial score (nSPS) is 13.7. The maximum atomic E-state index is 10.7. The van der Waals surface area contributed by atoms with Crippen LogP contribution >= 0.6 is 7.82 Å². The molecule has 0 aliphatic carbocycles. The van der Waals surface area contributed by atoms with Crippen molar-refractivity contribution in [3.05, 3.63) is 0 Å². The molecule has 108 valence electrons. The van der Waals surface area contributed by atoms with Crippen LogP contribution in [0.1, 0.15) is 34.1 Å². The summed E-state index contributed by atoms with van der Waals surface area (Å²) in [7, 11) is -4.56. The number of aliphatic carboxylic acids is 1. The average molecular weight is 284 g/mol. The van der Waals surface area contributed by atoms with Gasteiger partial charge >= 0.3 is 13.8 Å². The third-order valence-corrected chi connectivity index (χ3v) is 2.67. The molecule has 0 aromatic heterocycles. The molecule has 0 fully saturated rings. The van der Waals surface area contributed by atoms with Crippen molar-refractivity contribution in [1.82, 2.24) is 0 Å². The van der Waals surface area contributed by atoms with Gasteiger partial charge in [-0.25, -0.2) is 4.57 Å². The van der Waals surface area contributed by atoms with Gasteiger partial charge in [0.05, 0.1) is 25.2 Å². The molecule has 18 heavy (non-hydrogen) atoms. The van der Waals surface area contributed by atoms with E-state index >= 15 is 0 Å². The first-order valence-corrected chi connectivity index (χ1v) is 6.92. The quantitative estimate of drug-likeness (QED) is 0.577. The molecule has 0 rings (SSSR count). The van der Waals surface area contributed by atoms with E-state index in [0.717, 1.165) is 0 Å². The molecule has 0 atom stereocenters. The van der Waals surface area contributed by atoms with E-state index in [1.807, 2.05) is 0 Å². The second-order valence-corrected chi connectivity index (χ2v) is 6.73. The molecule has 0 saturated heterocycles. The number of ether oxygens (including phenoxy) is 1. The largest absolute Gasteiger partial charge is 0.481 e. The first kappa shape index (κ1) is 17.5. The van der Waals surface area contributed by atoms with E-state index in [9.17, 15) is 9.36 Å². The van der Waals surface area contributed by atoms with Gasteiger partial charge in [-0.15, -0.1) is 0 Å². The smallest absolute Gasteiger partial charge is 0.470 e. The van der Waals surface area contributed by atoms with Crippen molar-refractivity contribution >= 4 is 13.8 Å². The minimum atomic E-state index is -4.56. The standard InChI is InChI=1S/C10H21O7P/c1-9(2,5-8(11)12)6-16-7-10(3,4)17-18(13,14)15/h5-7H2,1-4H3,(H,11,12)(H2,13,14,15). The van der Waals surface area contributed by atoms with Crippen LogP contribution in [0, 0.1) is 5.41 Å². The summed E-state index contributed by atoms with van der Waals surface area (Å²) < 4.78 is 20.5. The SMILES string of the molecule is CC(C)(COCC(C)(C)OP(=O)(O)O)CC(=O)O. The van der Waals surface area contributed by atoms with Crippen LogP contribution in [0.25, 0.3) is 0 Å². The summed E-state index contributed by atoms with van der Waals surface area (Å²) in [6.07, 6.45) is -0.0488. The lowest BCUT2D eigenvalue weighted by Crippen LogP contribution is -2.32. The lowest BCUT2D eigenvalue weighted by molar-refractivity contribution is -0.140. The van der Waals surface area contributed by atoms with E-state index in [2.05, 4.69) is 4.52 Å². The average Bonchev–Trinajstić information content (AvgIpc) is 1.93. The number of phosphoric ester groups is 1. The fraction of sp³-hybridized carbons (Fsp3) is 0.900. The van der Waals surface area contributed by atoms with E-state index in [1.54, 1.807) is 13.8 Å². The van der Waals surface area contributed by atoms with E-state index in [-0.39, 0.29) is 19.6 Å². The van der Waals surface area contributed by atoms with E-state index < -0.39 is 24.8 Å². The van der Waals surface area contributed by atoms with Crippen molar-refractivity contribution in [2.45, 2.75) is 39.7 Å². The van der Waals surface area contributed by atoms with Gasteiger partial charge in [0, 0.05) is 0 Å². The summed E-state index contributed by atoms with van der Waals surface area (Å²) in [6, 6.07) is 0. The first-order valence-electron chi connectivity index (χ1n) is 5.39. The molecule has 8 heteroatoms. The highest BCUT2D eigenvalue weighted by atomic mass is 31.2. The Balaban J connectivity index is 4.18. The molecule has 0 unspecified atom stereocenters. The Morgan fingerprint density at radius 1 is 1.17 bits per heavy atom. The Morgan fingerprint density at radius 2 is 1.67 bits per heavy atom. The van der Waals surface area contributed by atoms with Crippen molar-refractivity contribution in [2.75, 3.05) is 13.2 Å². The van der Waals surface area contributed by atoms with E-state index in [0.29, 0.717) is 0 Å². The second-order valence-electron chi connectivity index (χ2n) is 5.57. The third kappa shape index (κ3) is 9.56. The minimum Gasteiger partial charge on any atom is -0.481 e. The molecular formula is C10H21O7P. The molecule has 0 aromatic carbocycles. The zero-order valence-electron chi connectivity index (χ0n) is 11.0. The van der Waals surface area contributed by atoms with Gasteiger partial charge in [-0.05, 0) is 19.3 Å². The van der Waals surface area contributed by atoms with Gasteiger partial charge in [0.15, 0.2) is 0 Å². The molecule has 0 aliphatic heterocycles. The van der Waals surface area contributed by atoms with Crippen LogP contribution in [0.5, 0.6) is 0 Å². The molecular weight excluding hydrogens is 263 g/mol. The molecule has 0 aromatic rings. The molecule has 0 heterocycles. The molecule has 0 bridgehead atoms. The summed E-state index contributed by atoms with van der Waals surface area (Å²) in [4.78, 5) is 28.0. The molecule has 0 spiro atoms. The fourth-order valence-corrected chi connectivity index (χ4v) is 2.08. The van der Waals surface area contributed by atoms with E-state index in [1.165, 1.54) is 13.8 Å².